The summed E-state index contributed by atoms with van der Waals surface area (Å²) in [6.07, 6.45) is 0. The Labute approximate surface area is 122 Å². The lowest BCUT2D eigenvalue weighted by Gasteiger charge is -2.23. The van der Waals surface area contributed by atoms with Crippen LogP contribution in [0, 0.1) is 34.5 Å². The number of halogens is 6. The smallest absolute Gasteiger partial charge is 0.233 e. The first kappa shape index (κ1) is 18.0. The second-order valence-corrected chi connectivity index (χ2v) is 7.81. The van der Waals surface area contributed by atoms with Crippen LogP contribution in [0.2, 0.25) is 0 Å². The molecule has 0 radical (unpaired) electrons. The summed E-state index contributed by atoms with van der Waals surface area (Å²) < 4.78 is 91.8. The molecule has 0 heterocycles. The quantitative estimate of drug-likeness (QED) is 0.353. The molecule has 1 aromatic rings. The normalized spacial score (nSPS) is 12.6. The van der Waals surface area contributed by atoms with Gasteiger partial charge in [-0.3, -0.25) is 0 Å². The molecule has 0 aliphatic carbocycles. The van der Waals surface area contributed by atoms with Crippen molar-refractivity contribution in [3.8, 4) is 5.75 Å². The maximum Gasteiger partial charge on any atom is 0.233 e. The van der Waals surface area contributed by atoms with Gasteiger partial charge in [-0.1, -0.05) is 13.8 Å². The van der Waals surface area contributed by atoms with Crippen LogP contribution in [0.15, 0.2) is 0 Å². The van der Waals surface area contributed by atoms with Crippen molar-refractivity contribution in [3.05, 3.63) is 29.1 Å². The average Bonchev–Trinajstić information content (AvgIpc) is 2.31. The molecule has 0 aromatic heterocycles. The summed E-state index contributed by atoms with van der Waals surface area (Å²) in [6.45, 7) is 2.04. The predicted molar refractivity (Wildman–Crippen MR) is 65.1 cm³/mol. The van der Waals surface area contributed by atoms with Crippen molar-refractivity contribution in [2.75, 3.05) is 12.4 Å². The van der Waals surface area contributed by atoms with Gasteiger partial charge < -0.3 is 4.74 Å². The fraction of sp³-hybridized carbons (Fsp3) is 0.455. The first-order valence-electron chi connectivity index (χ1n) is 5.42. The molecule has 0 N–H and O–H groups in total. The third kappa shape index (κ3) is 4.44. The predicted octanol–water partition coefficient (Wildman–Crippen LogP) is 3.36. The highest BCUT2D eigenvalue weighted by Crippen LogP contribution is 2.31. The van der Waals surface area contributed by atoms with Gasteiger partial charge in [0.1, 0.15) is 0 Å². The summed E-state index contributed by atoms with van der Waals surface area (Å²) in [5, 5.41) is 0. The molecule has 3 nitrogen and oxygen atoms in total. The molecule has 1 rings (SSSR count). The van der Waals surface area contributed by atoms with E-state index in [4.69, 9.17) is 10.7 Å². The molecule has 0 aliphatic rings. The highest BCUT2D eigenvalue weighted by molar-refractivity contribution is 8.13. The first-order valence-corrected chi connectivity index (χ1v) is 7.90. The van der Waals surface area contributed by atoms with Crippen molar-refractivity contribution in [3.63, 3.8) is 0 Å². The third-order valence-electron chi connectivity index (χ3n) is 2.34. The van der Waals surface area contributed by atoms with Crippen LogP contribution >= 0.6 is 10.7 Å². The minimum absolute atomic E-state index is 0.614. The molecular formula is C11H10ClF5O3S. The van der Waals surface area contributed by atoms with Gasteiger partial charge in [-0.25, -0.2) is 21.6 Å². The average molecular weight is 353 g/mol. The van der Waals surface area contributed by atoms with Crippen molar-refractivity contribution < 1.29 is 35.1 Å². The summed E-state index contributed by atoms with van der Waals surface area (Å²) in [5.41, 5.74) is -1.21. The van der Waals surface area contributed by atoms with Crippen LogP contribution in [0.25, 0.3) is 0 Å². The standard InChI is InChI=1S/C11H10ClF5O3S/c1-11(2,4-21(12,18)19)3-20-10-8(16)6(14)5(13)7(15)9(10)17/h3-4H2,1-2H3. The van der Waals surface area contributed by atoms with Crippen LogP contribution in [-0.4, -0.2) is 20.8 Å². The molecule has 10 heteroatoms. The summed E-state index contributed by atoms with van der Waals surface area (Å²) in [5.74, 6) is -12.9. The second-order valence-electron chi connectivity index (χ2n) is 5.04. The van der Waals surface area contributed by atoms with Crippen LogP contribution < -0.4 is 4.74 Å². The van der Waals surface area contributed by atoms with Gasteiger partial charge in [-0.05, 0) is 0 Å². The molecule has 1 aromatic carbocycles. The summed E-state index contributed by atoms with van der Waals surface area (Å²) in [7, 11) is 1.10. The molecule has 0 unspecified atom stereocenters. The Kier molecular flexibility index (Phi) is 5.09. The van der Waals surface area contributed by atoms with Crippen LogP contribution in [-0.2, 0) is 9.05 Å². The van der Waals surface area contributed by atoms with E-state index in [0.717, 1.165) is 0 Å². The van der Waals surface area contributed by atoms with E-state index < -0.39 is 61.7 Å². The zero-order valence-corrected chi connectivity index (χ0v) is 12.4. The summed E-state index contributed by atoms with van der Waals surface area (Å²) in [6, 6.07) is 0. The van der Waals surface area contributed by atoms with Crippen molar-refractivity contribution in [2.24, 2.45) is 5.41 Å². The fourth-order valence-electron chi connectivity index (χ4n) is 1.49. The third-order valence-corrected chi connectivity index (χ3v) is 3.79. The second kappa shape index (κ2) is 5.96. The number of hydrogen-bond donors (Lipinski definition) is 0. The molecule has 0 saturated heterocycles. The molecule has 21 heavy (non-hydrogen) atoms. The van der Waals surface area contributed by atoms with Crippen LogP contribution in [0.4, 0.5) is 22.0 Å². The van der Waals surface area contributed by atoms with Gasteiger partial charge in [-0.15, -0.1) is 0 Å². The van der Waals surface area contributed by atoms with Gasteiger partial charge in [0.25, 0.3) is 0 Å². The van der Waals surface area contributed by atoms with Gasteiger partial charge in [0.2, 0.25) is 38.1 Å². The van der Waals surface area contributed by atoms with Crippen molar-refractivity contribution in [1.29, 1.82) is 0 Å². The largest absolute Gasteiger partial charge is 0.487 e. The molecule has 0 fully saturated rings. The van der Waals surface area contributed by atoms with Crippen LogP contribution in [0.1, 0.15) is 13.8 Å². The molecular weight excluding hydrogens is 343 g/mol. The topological polar surface area (TPSA) is 43.4 Å². The molecule has 0 aliphatic heterocycles. The SMILES string of the molecule is CC(C)(COc1c(F)c(F)c(F)c(F)c1F)CS(=O)(=O)Cl. The Morgan fingerprint density at radius 1 is 0.952 bits per heavy atom. The van der Waals surface area contributed by atoms with Crippen molar-refractivity contribution in [1.82, 2.24) is 0 Å². The van der Waals surface area contributed by atoms with Gasteiger partial charge >= 0.3 is 0 Å². The van der Waals surface area contributed by atoms with E-state index in [0.29, 0.717) is 0 Å². The maximum absolute atomic E-state index is 13.3. The monoisotopic (exact) mass is 352 g/mol. The first-order chi connectivity index (χ1) is 9.36. The number of benzene rings is 1. The zero-order valence-electron chi connectivity index (χ0n) is 10.8. The highest BCUT2D eigenvalue weighted by Gasteiger charge is 2.30. The Bertz CT molecular complexity index is 631. The van der Waals surface area contributed by atoms with E-state index in [-0.39, 0.29) is 0 Å². The van der Waals surface area contributed by atoms with Crippen molar-refractivity contribution >= 4 is 19.7 Å². The molecule has 0 atom stereocenters. The van der Waals surface area contributed by atoms with Crippen LogP contribution in [0.5, 0.6) is 5.75 Å². The van der Waals surface area contributed by atoms with E-state index in [1.807, 2.05) is 0 Å². The van der Waals surface area contributed by atoms with E-state index in [1.54, 1.807) is 0 Å². The van der Waals surface area contributed by atoms with Crippen LogP contribution in [0.3, 0.4) is 0 Å². The van der Waals surface area contributed by atoms with Gasteiger partial charge in [0, 0.05) is 16.1 Å². The Morgan fingerprint density at radius 2 is 1.33 bits per heavy atom. The van der Waals surface area contributed by atoms with E-state index >= 15 is 0 Å². The Hall–Kier alpha value is -1.09. The minimum Gasteiger partial charge on any atom is -0.487 e. The van der Waals surface area contributed by atoms with Gasteiger partial charge in [0.05, 0.1) is 12.4 Å². The number of hydrogen-bond acceptors (Lipinski definition) is 3. The zero-order chi connectivity index (χ0) is 16.6. The molecule has 0 amide bonds. The minimum atomic E-state index is -3.93. The highest BCUT2D eigenvalue weighted by atomic mass is 35.7. The van der Waals surface area contributed by atoms with Gasteiger partial charge in [-0.2, -0.15) is 8.78 Å². The lowest BCUT2D eigenvalue weighted by Crippen LogP contribution is -2.29. The number of ether oxygens (including phenoxy) is 1. The lowest BCUT2D eigenvalue weighted by atomic mass is 9.98. The van der Waals surface area contributed by atoms with E-state index in [1.165, 1.54) is 13.8 Å². The Morgan fingerprint density at radius 3 is 1.71 bits per heavy atom. The molecule has 0 saturated carbocycles. The van der Waals surface area contributed by atoms with E-state index in [2.05, 4.69) is 4.74 Å². The fourth-order valence-corrected chi connectivity index (χ4v) is 3.39. The summed E-state index contributed by atoms with van der Waals surface area (Å²) >= 11 is 0. The Balaban J connectivity index is 3.05. The molecule has 0 spiro atoms. The van der Waals surface area contributed by atoms with Crippen molar-refractivity contribution in [2.45, 2.75) is 13.8 Å². The van der Waals surface area contributed by atoms with E-state index in [9.17, 15) is 30.4 Å². The maximum atomic E-state index is 13.3. The molecule has 0 bridgehead atoms. The van der Waals surface area contributed by atoms with Gasteiger partial charge in [0.15, 0.2) is 5.75 Å². The lowest BCUT2D eigenvalue weighted by molar-refractivity contribution is 0.179. The summed E-state index contributed by atoms with van der Waals surface area (Å²) in [4.78, 5) is 0. The molecule has 120 valence electrons. The number of rotatable bonds is 5.